The molecular weight excluding hydrogens is 381 g/mol. The van der Waals surface area contributed by atoms with Crippen molar-refractivity contribution in [3.63, 3.8) is 0 Å². The van der Waals surface area contributed by atoms with Gasteiger partial charge in [-0.05, 0) is 64.9 Å². The highest BCUT2D eigenvalue weighted by atomic mass is 127. The van der Waals surface area contributed by atoms with E-state index in [1.807, 2.05) is 25.1 Å². The lowest BCUT2D eigenvalue weighted by Crippen LogP contribution is -2.35. The van der Waals surface area contributed by atoms with E-state index < -0.39 is 11.8 Å². The van der Waals surface area contributed by atoms with Crippen molar-refractivity contribution in [2.24, 2.45) is 0 Å². The fourth-order valence-corrected chi connectivity index (χ4v) is 2.36. The number of nitrogens with zero attached hydrogens (tertiary/aromatic N) is 1. The number of carbonyl (C=O) groups is 2. The van der Waals surface area contributed by atoms with E-state index in [1.54, 1.807) is 24.5 Å². The van der Waals surface area contributed by atoms with Crippen LogP contribution in [-0.4, -0.2) is 16.8 Å². The van der Waals surface area contributed by atoms with Crippen molar-refractivity contribution >= 4 is 40.1 Å². The summed E-state index contributed by atoms with van der Waals surface area (Å²) >= 11 is 2.19. The van der Waals surface area contributed by atoms with Gasteiger partial charge in [0.15, 0.2) is 0 Å². The van der Waals surface area contributed by atoms with E-state index >= 15 is 0 Å². The largest absolute Gasteiger partial charge is 0.344 e. The van der Waals surface area contributed by atoms with Gasteiger partial charge in [-0.15, -0.1) is 0 Å². The van der Waals surface area contributed by atoms with Crippen LogP contribution in [0, 0.1) is 10.5 Å². The molecule has 5 nitrogen and oxygen atoms in total. The summed E-state index contributed by atoms with van der Waals surface area (Å²) in [7, 11) is 0. The molecule has 0 aliphatic carbocycles. The molecule has 0 radical (unpaired) electrons. The number of anilines is 1. The van der Waals surface area contributed by atoms with Crippen molar-refractivity contribution in [1.82, 2.24) is 10.3 Å². The molecule has 0 saturated heterocycles. The maximum Gasteiger partial charge on any atom is 0.313 e. The van der Waals surface area contributed by atoms with Gasteiger partial charge in [-0.2, -0.15) is 0 Å². The number of rotatable bonds is 3. The monoisotopic (exact) mass is 395 g/mol. The second-order valence-electron chi connectivity index (χ2n) is 4.46. The third kappa shape index (κ3) is 4.52. The smallest absolute Gasteiger partial charge is 0.313 e. The Morgan fingerprint density at radius 2 is 2.05 bits per heavy atom. The molecule has 1 aromatic carbocycles. The summed E-state index contributed by atoms with van der Waals surface area (Å²) < 4.78 is 1.07. The predicted octanol–water partition coefficient (Wildman–Crippen LogP) is 2.25. The number of nitrogens with one attached hydrogen (secondary N) is 2. The first-order valence-corrected chi connectivity index (χ1v) is 7.38. The van der Waals surface area contributed by atoms with Gasteiger partial charge in [0.05, 0.1) is 0 Å². The third-order valence-electron chi connectivity index (χ3n) is 2.82. The average Bonchev–Trinajstić information content (AvgIpc) is 2.48. The zero-order valence-electron chi connectivity index (χ0n) is 11.4. The summed E-state index contributed by atoms with van der Waals surface area (Å²) in [6.07, 6.45) is 3.29. The standard InChI is InChI=1S/C15H14IN3O2/c1-10-7-12(16)4-5-13(10)19-15(21)14(20)18-9-11-3-2-6-17-8-11/h2-8H,9H2,1H3,(H,18,20)(H,19,21). The molecule has 2 aromatic rings. The number of halogens is 1. The van der Waals surface area contributed by atoms with Gasteiger partial charge in [0.2, 0.25) is 0 Å². The van der Waals surface area contributed by atoms with Crippen LogP contribution in [0.15, 0.2) is 42.7 Å². The molecule has 1 heterocycles. The highest BCUT2D eigenvalue weighted by Gasteiger charge is 2.14. The number of pyridine rings is 1. The zero-order valence-corrected chi connectivity index (χ0v) is 13.5. The Balaban J connectivity index is 1.92. The molecule has 0 fully saturated rings. The first kappa shape index (κ1) is 15.4. The molecule has 21 heavy (non-hydrogen) atoms. The van der Waals surface area contributed by atoms with Crippen molar-refractivity contribution in [2.45, 2.75) is 13.5 Å². The second-order valence-corrected chi connectivity index (χ2v) is 5.70. The molecule has 0 aliphatic rings. The molecule has 0 saturated carbocycles. The number of carbonyl (C=O) groups excluding carboxylic acids is 2. The minimum absolute atomic E-state index is 0.270. The van der Waals surface area contributed by atoms with Crippen LogP contribution in [0.25, 0.3) is 0 Å². The van der Waals surface area contributed by atoms with Crippen LogP contribution in [0.5, 0.6) is 0 Å². The van der Waals surface area contributed by atoms with Gasteiger partial charge in [0.25, 0.3) is 0 Å². The fraction of sp³-hybridized carbons (Fsp3) is 0.133. The lowest BCUT2D eigenvalue weighted by Gasteiger charge is -2.09. The van der Waals surface area contributed by atoms with E-state index in [1.165, 1.54) is 0 Å². The van der Waals surface area contributed by atoms with Gasteiger partial charge in [-0.1, -0.05) is 6.07 Å². The van der Waals surface area contributed by atoms with E-state index in [-0.39, 0.29) is 6.54 Å². The van der Waals surface area contributed by atoms with E-state index in [0.29, 0.717) is 5.69 Å². The normalized spacial score (nSPS) is 10.0. The van der Waals surface area contributed by atoms with Gasteiger partial charge in [0.1, 0.15) is 0 Å². The van der Waals surface area contributed by atoms with Gasteiger partial charge in [0, 0.05) is 28.2 Å². The van der Waals surface area contributed by atoms with E-state index in [0.717, 1.165) is 14.7 Å². The Hall–Kier alpha value is -1.96. The number of aryl methyl sites for hydroxylation is 1. The zero-order chi connectivity index (χ0) is 15.2. The first-order chi connectivity index (χ1) is 10.1. The predicted molar refractivity (Wildman–Crippen MR) is 88.6 cm³/mol. The summed E-state index contributed by atoms with van der Waals surface area (Å²) in [5.41, 5.74) is 2.39. The summed E-state index contributed by atoms with van der Waals surface area (Å²) in [5, 5.41) is 5.16. The Labute approximate surface area is 136 Å². The summed E-state index contributed by atoms with van der Waals surface area (Å²) in [4.78, 5) is 27.5. The molecule has 0 bridgehead atoms. The van der Waals surface area contributed by atoms with E-state index in [9.17, 15) is 9.59 Å². The van der Waals surface area contributed by atoms with Gasteiger partial charge in [-0.25, -0.2) is 0 Å². The quantitative estimate of drug-likeness (QED) is 0.619. The number of amides is 2. The molecular formula is C15H14IN3O2. The van der Waals surface area contributed by atoms with Crippen LogP contribution in [-0.2, 0) is 16.1 Å². The summed E-state index contributed by atoms with van der Waals surface area (Å²) in [5.74, 6) is -1.35. The average molecular weight is 395 g/mol. The summed E-state index contributed by atoms with van der Waals surface area (Å²) in [6, 6.07) is 9.19. The molecule has 0 aliphatic heterocycles. The molecule has 108 valence electrons. The van der Waals surface area contributed by atoms with Crippen molar-refractivity contribution < 1.29 is 9.59 Å². The maximum absolute atomic E-state index is 11.8. The van der Waals surface area contributed by atoms with Crippen LogP contribution >= 0.6 is 22.6 Å². The fourth-order valence-electron chi connectivity index (χ4n) is 1.71. The van der Waals surface area contributed by atoms with Crippen molar-refractivity contribution in [1.29, 1.82) is 0 Å². The number of aromatic nitrogens is 1. The summed E-state index contributed by atoms with van der Waals surface area (Å²) in [6.45, 7) is 2.15. The molecule has 2 amide bonds. The van der Waals surface area contributed by atoms with Crippen molar-refractivity contribution in [3.05, 3.63) is 57.4 Å². The molecule has 0 spiro atoms. The van der Waals surface area contributed by atoms with Crippen molar-refractivity contribution in [3.8, 4) is 0 Å². The minimum Gasteiger partial charge on any atom is -0.344 e. The molecule has 2 N–H and O–H groups in total. The Kier molecular flexibility index (Phi) is 5.26. The van der Waals surface area contributed by atoms with Crippen molar-refractivity contribution in [2.75, 3.05) is 5.32 Å². The molecule has 6 heteroatoms. The SMILES string of the molecule is Cc1cc(I)ccc1NC(=O)C(=O)NCc1cccnc1. The Bertz CT molecular complexity index is 659. The number of benzene rings is 1. The van der Waals surface area contributed by atoms with E-state index in [2.05, 4.69) is 38.2 Å². The first-order valence-electron chi connectivity index (χ1n) is 6.30. The highest BCUT2D eigenvalue weighted by Crippen LogP contribution is 2.17. The molecule has 1 aromatic heterocycles. The van der Waals surface area contributed by atoms with Crippen LogP contribution in [0.3, 0.4) is 0 Å². The van der Waals surface area contributed by atoms with E-state index in [4.69, 9.17) is 0 Å². The highest BCUT2D eigenvalue weighted by molar-refractivity contribution is 14.1. The molecule has 0 atom stereocenters. The van der Waals surface area contributed by atoms with Crippen LogP contribution in [0.2, 0.25) is 0 Å². The second kappa shape index (κ2) is 7.16. The number of hydrogen-bond donors (Lipinski definition) is 2. The van der Waals surface area contributed by atoms with Crippen LogP contribution in [0.1, 0.15) is 11.1 Å². The minimum atomic E-state index is -0.678. The van der Waals surface area contributed by atoms with Crippen LogP contribution < -0.4 is 10.6 Å². The Morgan fingerprint density at radius 1 is 1.24 bits per heavy atom. The maximum atomic E-state index is 11.8. The topological polar surface area (TPSA) is 71.1 Å². The van der Waals surface area contributed by atoms with Gasteiger partial charge in [-0.3, -0.25) is 14.6 Å². The lowest BCUT2D eigenvalue weighted by molar-refractivity contribution is -0.136. The lowest BCUT2D eigenvalue weighted by atomic mass is 10.2. The molecule has 2 rings (SSSR count). The third-order valence-corrected chi connectivity index (χ3v) is 3.49. The molecule has 0 unspecified atom stereocenters. The van der Waals surface area contributed by atoms with Crippen LogP contribution in [0.4, 0.5) is 5.69 Å². The van der Waals surface area contributed by atoms with Gasteiger partial charge >= 0.3 is 11.8 Å². The number of hydrogen-bond acceptors (Lipinski definition) is 3. The van der Waals surface area contributed by atoms with Gasteiger partial charge < -0.3 is 10.6 Å². The Morgan fingerprint density at radius 3 is 2.71 bits per heavy atom.